The van der Waals surface area contributed by atoms with Crippen molar-refractivity contribution in [3.63, 3.8) is 0 Å². The average Bonchev–Trinajstić information content (AvgIpc) is 2.42. The summed E-state index contributed by atoms with van der Waals surface area (Å²) in [6.45, 7) is 6.86. The monoisotopic (exact) mass is 350 g/mol. The Bertz CT molecular complexity index is 608. The zero-order valence-electron chi connectivity index (χ0n) is 12.6. The van der Waals surface area contributed by atoms with Crippen molar-refractivity contribution in [3.05, 3.63) is 63.1 Å². The van der Waals surface area contributed by atoms with E-state index in [0.717, 1.165) is 29.9 Å². The summed E-state index contributed by atoms with van der Waals surface area (Å²) in [5, 5.41) is 3.44. The van der Waals surface area contributed by atoms with Gasteiger partial charge in [-0.05, 0) is 66.5 Å². The third-order valence-corrected chi connectivity index (χ3v) is 3.94. The van der Waals surface area contributed by atoms with Crippen LogP contribution >= 0.6 is 15.9 Å². The van der Waals surface area contributed by atoms with Gasteiger partial charge in [0.15, 0.2) is 0 Å². The van der Waals surface area contributed by atoms with E-state index in [1.54, 1.807) is 6.07 Å². The molecule has 2 rings (SSSR count). The molecule has 1 unspecified atom stereocenters. The first-order chi connectivity index (χ1) is 10.0. The molecule has 0 amide bonds. The summed E-state index contributed by atoms with van der Waals surface area (Å²) < 4.78 is 15.0. The number of nitrogens with one attached hydrogen (secondary N) is 1. The molecule has 0 saturated carbocycles. The molecular formula is C17H20BrFN2. The average molecular weight is 351 g/mol. The molecule has 21 heavy (non-hydrogen) atoms. The minimum atomic E-state index is -0.210. The van der Waals surface area contributed by atoms with Gasteiger partial charge in [0, 0.05) is 17.0 Å². The van der Waals surface area contributed by atoms with Crippen LogP contribution in [-0.2, 0) is 0 Å². The molecule has 0 spiro atoms. The van der Waals surface area contributed by atoms with E-state index in [1.165, 1.54) is 0 Å². The molecule has 1 heterocycles. The third kappa shape index (κ3) is 3.89. The molecule has 0 aliphatic rings. The van der Waals surface area contributed by atoms with Crippen LogP contribution in [0.3, 0.4) is 0 Å². The van der Waals surface area contributed by atoms with E-state index in [4.69, 9.17) is 0 Å². The molecule has 112 valence electrons. The molecule has 1 aromatic carbocycles. The number of rotatable bonds is 5. The number of halogens is 2. The van der Waals surface area contributed by atoms with Gasteiger partial charge in [-0.2, -0.15) is 0 Å². The zero-order valence-corrected chi connectivity index (χ0v) is 14.2. The molecule has 1 aromatic heterocycles. The van der Waals surface area contributed by atoms with Crippen molar-refractivity contribution in [3.8, 4) is 0 Å². The van der Waals surface area contributed by atoms with Crippen LogP contribution < -0.4 is 5.32 Å². The lowest BCUT2D eigenvalue weighted by Crippen LogP contribution is -2.24. The van der Waals surface area contributed by atoms with Crippen LogP contribution in [-0.4, -0.2) is 11.5 Å². The van der Waals surface area contributed by atoms with Crippen molar-refractivity contribution in [2.45, 2.75) is 33.2 Å². The zero-order chi connectivity index (χ0) is 15.4. The van der Waals surface area contributed by atoms with Gasteiger partial charge in [-0.1, -0.05) is 19.1 Å². The number of hydrogen-bond acceptors (Lipinski definition) is 2. The normalized spacial score (nSPS) is 12.4. The van der Waals surface area contributed by atoms with Crippen LogP contribution in [0.5, 0.6) is 0 Å². The van der Waals surface area contributed by atoms with Crippen LogP contribution in [0.1, 0.15) is 41.9 Å². The van der Waals surface area contributed by atoms with Crippen LogP contribution in [0.15, 0.2) is 34.8 Å². The fraction of sp³-hybridized carbons (Fsp3) is 0.353. The quantitative estimate of drug-likeness (QED) is 0.845. The second-order valence-electron chi connectivity index (χ2n) is 5.21. The first kappa shape index (κ1) is 16.1. The molecule has 0 fully saturated rings. The first-order valence-corrected chi connectivity index (χ1v) is 7.94. The van der Waals surface area contributed by atoms with E-state index in [9.17, 15) is 4.39 Å². The predicted octanol–water partition coefficient (Wildman–Crippen LogP) is 4.69. The Morgan fingerprint density at radius 3 is 2.52 bits per heavy atom. The molecule has 1 atom stereocenters. The predicted molar refractivity (Wildman–Crippen MR) is 87.9 cm³/mol. The number of benzene rings is 1. The molecule has 1 N–H and O–H groups in total. The highest BCUT2D eigenvalue weighted by Gasteiger charge is 2.19. The van der Waals surface area contributed by atoms with Crippen LogP contribution in [0.2, 0.25) is 0 Å². The van der Waals surface area contributed by atoms with Crippen molar-refractivity contribution in [2.24, 2.45) is 0 Å². The van der Waals surface area contributed by atoms with Crippen LogP contribution in [0.25, 0.3) is 0 Å². The summed E-state index contributed by atoms with van der Waals surface area (Å²) >= 11 is 3.27. The molecule has 0 radical (unpaired) electrons. The van der Waals surface area contributed by atoms with E-state index < -0.39 is 0 Å². The number of pyridine rings is 1. The number of nitrogens with zero attached hydrogens (tertiary/aromatic N) is 1. The number of aryl methyl sites for hydroxylation is 2. The molecule has 2 aromatic rings. The standard InChI is InChI=1S/C17H20BrFN2/c1-4-8-20-17(13-9-11(2)21-12(3)10-13)14-6-5-7-15(18)16(14)19/h5-7,9-10,17,20H,4,8H2,1-3H3. The van der Waals surface area contributed by atoms with Crippen molar-refractivity contribution in [1.82, 2.24) is 10.3 Å². The van der Waals surface area contributed by atoms with Gasteiger partial charge in [0.05, 0.1) is 10.5 Å². The van der Waals surface area contributed by atoms with E-state index in [1.807, 2.05) is 38.1 Å². The van der Waals surface area contributed by atoms with Crippen molar-refractivity contribution >= 4 is 15.9 Å². The molecule has 0 aliphatic carbocycles. The summed E-state index contributed by atoms with van der Waals surface area (Å²) in [4.78, 5) is 4.40. The molecule has 0 bridgehead atoms. The van der Waals surface area contributed by atoms with E-state index in [2.05, 4.69) is 33.2 Å². The van der Waals surface area contributed by atoms with Gasteiger partial charge in [-0.3, -0.25) is 4.98 Å². The molecule has 4 heteroatoms. The Morgan fingerprint density at radius 1 is 1.24 bits per heavy atom. The smallest absolute Gasteiger partial charge is 0.142 e. The lowest BCUT2D eigenvalue weighted by molar-refractivity contribution is 0.542. The molecule has 0 aliphatic heterocycles. The van der Waals surface area contributed by atoms with Gasteiger partial charge in [-0.25, -0.2) is 4.39 Å². The highest BCUT2D eigenvalue weighted by molar-refractivity contribution is 9.10. The third-order valence-electron chi connectivity index (χ3n) is 3.33. The summed E-state index contributed by atoms with van der Waals surface area (Å²) in [6, 6.07) is 9.28. The lowest BCUT2D eigenvalue weighted by Gasteiger charge is -2.21. The van der Waals surface area contributed by atoms with Crippen molar-refractivity contribution in [2.75, 3.05) is 6.54 Å². The summed E-state index contributed by atoms with van der Waals surface area (Å²) in [7, 11) is 0. The highest BCUT2D eigenvalue weighted by Crippen LogP contribution is 2.29. The second-order valence-corrected chi connectivity index (χ2v) is 6.07. The van der Waals surface area contributed by atoms with Crippen LogP contribution in [0.4, 0.5) is 4.39 Å². The fourth-order valence-electron chi connectivity index (χ4n) is 2.47. The minimum Gasteiger partial charge on any atom is -0.306 e. The molecular weight excluding hydrogens is 331 g/mol. The maximum absolute atomic E-state index is 14.5. The van der Waals surface area contributed by atoms with E-state index in [-0.39, 0.29) is 11.9 Å². The Labute approximate surface area is 133 Å². The first-order valence-electron chi connectivity index (χ1n) is 7.15. The topological polar surface area (TPSA) is 24.9 Å². The maximum atomic E-state index is 14.5. The van der Waals surface area contributed by atoms with Crippen LogP contribution in [0, 0.1) is 19.7 Å². The Morgan fingerprint density at radius 2 is 1.90 bits per heavy atom. The lowest BCUT2D eigenvalue weighted by atomic mass is 9.97. The van der Waals surface area contributed by atoms with Gasteiger partial charge in [0.25, 0.3) is 0 Å². The minimum absolute atomic E-state index is 0.164. The van der Waals surface area contributed by atoms with Gasteiger partial charge < -0.3 is 5.32 Å². The van der Waals surface area contributed by atoms with E-state index >= 15 is 0 Å². The van der Waals surface area contributed by atoms with Crippen molar-refractivity contribution < 1.29 is 4.39 Å². The van der Waals surface area contributed by atoms with Gasteiger partial charge >= 0.3 is 0 Å². The largest absolute Gasteiger partial charge is 0.306 e. The van der Waals surface area contributed by atoms with E-state index in [0.29, 0.717) is 10.0 Å². The second kappa shape index (κ2) is 7.14. The van der Waals surface area contributed by atoms with Gasteiger partial charge in [0.1, 0.15) is 5.82 Å². The Kier molecular flexibility index (Phi) is 5.48. The summed E-state index contributed by atoms with van der Waals surface area (Å²) in [5.41, 5.74) is 3.60. The van der Waals surface area contributed by atoms with Crippen molar-refractivity contribution in [1.29, 1.82) is 0 Å². The van der Waals surface area contributed by atoms with Gasteiger partial charge in [0.2, 0.25) is 0 Å². The summed E-state index contributed by atoms with van der Waals surface area (Å²) in [5.74, 6) is -0.210. The number of aromatic nitrogens is 1. The fourth-order valence-corrected chi connectivity index (χ4v) is 2.85. The molecule has 2 nitrogen and oxygen atoms in total. The molecule has 0 saturated heterocycles. The Hall–Kier alpha value is -1.26. The summed E-state index contributed by atoms with van der Waals surface area (Å²) in [6.07, 6.45) is 0.995. The maximum Gasteiger partial charge on any atom is 0.142 e. The van der Waals surface area contributed by atoms with Gasteiger partial charge in [-0.15, -0.1) is 0 Å². The number of hydrogen-bond donors (Lipinski definition) is 1. The SMILES string of the molecule is CCCNC(c1cc(C)nc(C)c1)c1cccc(Br)c1F. The Balaban J connectivity index is 2.49. The highest BCUT2D eigenvalue weighted by atomic mass is 79.9.